The van der Waals surface area contributed by atoms with Crippen LogP contribution in [0.2, 0.25) is 0 Å². The van der Waals surface area contributed by atoms with Gasteiger partial charge in [0.15, 0.2) is 0 Å². The van der Waals surface area contributed by atoms with Crippen LogP contribution < -0.4 is 0 Å². The molecule has 1 aromatic rings. The molecule has 0 radical (unpaired) electrons. The van der Waals surface area contributed by atoms with E-state index in [4.69, 9.17) is 4.74 Å². The van der Waals surface area contributed by atoms with Crippen molar-refractivity contribution in [1.29, 1.82) is 0 Å². The number of aryl methyl sites for hydroxylation is 1. The first-order valence-corrected chi connectivity index (χ1v) is 4.45. The summed E-state index contributed by atoms with van der Waals surface area (Å²) in [5, 5.41) is 0. The summed E-state index contributed by atoms with van der Waals surface area (Å²) in [6.45, 7) is 1.98. The van der Waals surface area contributed by atoms with Crippen molar-refractivity contribution >= 4 is 12.0 Å². The fraction of sp³-hybridized carbons (Fsp3) is 0.273. The maximum absolute atomic E-state index is 10.9. The van der Waals surface area contributed by atoms with Crippen LogP contribution in [0.4, 0.5) is 4.79 Å². The summed E-state index contributed by atoms with van der Waals surface area (Å²) in [6.07, 6.45) is -0.674. The number of methoxy groups -OCH3 is 2. The topological polar surface area (TPSA) is 47.9 Å². The minimum Gasteiger partial charge on any atom is -0.480 e. The third-order valence-corrected chi connectivity index (χ3v) is 1.86. The second kappa shape index (κ2) is 5.14. The van der Waals surface area contributed by atoms with Crippen molar-refractivity contribution < 1.29 is 14.3 Å². The predicted molar refractivity (Wildman–Crippen MR) is 57.1 cm³/mol. The zero-order valence-electron chi connectivity index (χ0n) is 8.98. The molecule has 1 rings (SSSR count). The first-order valence-electron chi connectivity index (χ1n) is 4.45. The summed E-state index contributed by atoms with van der Waals surface area (Å²) in [5.74, 6) is 0.252. The van der Waals surface area contributed by atoms with Gasteiger partial charge in [0.1, 0.15) is 0 Å². The Morgan fingerprint density at radius 3 is 2.20 bits per heavy atom. The van der Waals surface area contributed by atoms with Crippen molar-refractivity contribution in [3.8, 4) is 0 Å². The minimum absolute atomic E-state index is 0.252. The molecule has 1 aromatic carbocycles. The number of carbonyl (C=O) groups is 1. The molecule has 0 saturated heterocycles. The lowest BCUT2D eigenvalue weighted by molar-refractivity contribution is 0.181. The van der Waals surface area contributed by atoms with Crippen LogP contribution in [-0.2, 0) is 9.47 Å². The molecule has 0 unspecified atom stereocenters. The number of amides is 1. The van der Waals surface area contributed by atoms with Crippen LogP contribution >= 0.6 is 0 Å². The third-order valence-electron chi connectivity index (χ3n) is 1.86. The highest BCUT2D eigenvalue weighted by Gasteiger charge is 2.06. The minimum atomic E-state index is -0.674. The lowest BCUT2D eigenvalue weighted by atomic mass is 10.1. The van der Waals surface area contributed by atoms with Crippen molar-refractivity contribution in [1.82, 2.24) is 0 Å². The van der Waals surface area contributed by atoms with Gasteiger partial charge in [-0.15, -0.1) is 4.99 Å². The fourth-order valence-electron chi connectivity index (χ4n) is 1.05. The standard InChI is InChI=1S/C11H13NO3/c1-8-4-6-9(7-5-8)10(14-2)12-11(13)15-3/h4-7H,1-3H3. The monoisotopic (exact) mass is 207 g/mol. The quantitative estimate of drug-likeness (QED) is 0.523. The van der Waals surface area contributed by atoms with E-state index < -0.39 is 6.09 Å². The normalized spacial score (nSPS) is 11.0. The molecule has 15 heavy (non-hydrogen) atoms. The molecule has 0 bridgehead atoms. The predicted octanol–water partition coefficient (Wildman–Crippen LogP) is 2.15. The number of rotatable bonds is 1. The molecule has 0 aliphatic carbocycles. The molecule has 4 heteroatoms. The Hall–Kier alpha value is -1.84. The summed E-state index contributed by atoms with van der Waals surface area (Å²) in [5.41, 5.74) is 1.88. The second-order valence-electron chi connectivity index (χ2n) is 2.96. The van der Waals surface area contributed by atoms with Crippen LogP contribution in [0.1, 0.15) is 11.1 Å². The average Bonchev–Trinajstić information content (AvgIpc) is 2.27. The highest BCUT2D eigenvalue weighted by molar-refractivity contribution is 5.99. The van der Waals surface area contributed by atoms with E-state index in [2.05, 4.69) is 9.73 Å². The zero-order valence-corrected chi connectivity index (χ0v) is 8.98. The molecule has 0 atom stereocenters. The van der Waals surface area contributed by atoms with E-state index in [1.807, 2.05) is 31.2 Å². The summed E-state index contributed by atoms with van der Waals surface area (Å²) >= 11 is 0. The molecule has 0 aromatic heterocycles. The molecule has 0 aliphatic rings. The van der Waals surface area contributed by atoms with E-state index in [-0.39, 0.29) is 5.90 Å². The Morgan fingerprint density at radius 1 is 1.13 bits per heavy atom. The molecule has 0 aliphatic heterocycles. The number of hydrogen-bond acceptors (Lipinski definition) is 3. The van der Waals surface area contributed by atoms with Crippen LogP contribution in [0.15, 0.2) is 29.3 Å². The van der Waals surface area contributed by atoms with Crippen LogP contribution in [0.5, 0.6) is 0 Å². The summed E-state index contributed by atoms with van der Waals surface area (Å²) in [7, 11) is 2.73. The van der Waals surface area contributed by atoms with Crippen LogP contribution in [0.25, 0.3) is 0 Å². The second-order valence-corrected chi connectivity index (χ2v) is 2.96. The molecular weight excluding hydrogens is 194 g/mol. The first kappa shape index (κ1) is 11.2. The van der Waals surface area contributed by atoms with Crippen molar-refractivity contribution in [2.75, 3.05) is 14.2 Å². The van der Waals surface area contributed by atoms with Crippen molar-refractivity contribution in [3.05, 3.63) is 35.4 Å². The summed E-state index contributed by atoms with van der Waals surface area (Å²) < 4.78 is 9.42. The summed E-state index contributed by atoms with van der Waals surface area (Å²) in [6, 6.07) is 7.50. The van der Waals surface area contributed by atoms with Gasteiger partial charge in [-0.25, -0.2) is 4.79 Å². The van der Waals surface area contributed by atoms with Crippen LogP contribution in [0.3, 0.4) is 0 Å². The molecule has 0 heterocycles. The average molecular weight is 207 g/mol. The van der Waals surface area contributed by atoms with Crippen LogP contribution in [0, 0.1) is 6.92 Å². The molecule has 1 amide bonds. The summed E-state index contributed by atoms with van der Waals surface area (Å²) in [4.78, 5) is 14.6. The van der Waals surface area contributed by atoms with Gasteiger partial charge in [0.25, 0.3) is 0 Å². The Morgan fingerprint density at radius 2 is 1.73 bits per heavy atom. The highest BCUT2D eigenvalue weighted by atomic mass is 16.5. The number of ether oxygens (including phenoxy) is 2. The zero-order chi connectivity index (χ0) is 11.3. The maximum atomic E-state index is 10.9. The number of benzene rings is 1. The van der Waals surface area contributed by atoms with Gasteiger partial charge < -0.3 is 9.47 Å². The van der Waals surface area contributed by atoms with E-state index >= 15 is 0 Å². The van der Waals surface area contributed by atoms with E-state index in [0.717, 1.165) is 11.1 Å². The number of aliphatic imine (C=N–C) groups is 1. The van der Waals surface area contributed by atoms with Gasteiger partial charge in [-0.05, 0) is 19.1 Å². The Labute approximate surface area is 88.5 Å². The van der Waals surface area contributed by atoms with E-state index in [9.17, 15) is 4.79 Å². The maximum Gasteiger partial charge on any atom is 0.436 e. The molecule has 4 nitrogen and oxygen atoms in total. The van der Waals surface area contributed by atoms with E-state index in [0.29, 0.717) is 0 Å². The Kier molecular flexibility index (Phi) is 3.85. The van der Waals surface area contributed by atoms with Gasteiger partial charge in [-0.3, -0.25) is 0 Å². The first-order chi connectivity index (χ1) is 7.17. The van der Waals surface area contributed by atoms with Gasteiger partial charge >= 0.3 is 6.09 Å². The molecular formula is C11H13NO3. The van der Waals surface area contributed by atoms with Gasteiger partial charge in [0.05, 0.1) is 14.2 Å². The number of nitrogens with zero attached hydrogens (tertiary/aromatic N) is 1. The molecule has 0 saturated carbocycles. The lowest BCUT2D eigenvalue weighted by Crippen LogP contribution is -2.07. The molecule has 80 valence electrons. The molecule has 0 fully saturated rings. The van der Waals surface area contributed by atoms with Gasteiger partial charge in [0.2, 0.25) is 5.90 Å². The smallest absolute Gasteiger partial charge is 0.436 e. The van der Waals surface area contributed by atoms with Crippen molar-refractivity contribution in [3.63, 3.8) is 0 Å². The van der Waals surface area contributed by atoms with E-state index in [1.54, 1.807) is 0 Å². The Balaban J connectivity index is 2.97. The van der Waals surface area contributed by atoms with Crippen molar-refractivity contribution in [2.45, 2.75) is 6.92 Å². The molecule has 0 N–H and O–H groups in total. The number of carbonyl (C=O) groups excluding carboxylic acids is 1. The van der Waals surface area contributed by atoms with Gasteiger partial charge in [-0.2, -0.15) is 0 Å². The van der Waals surface area contributed by atoms with Crippen LogP contribution in [-0.4, -0.2) is 26.2 Å². The van der Waals surface area contributed by atoms with Crippen molar-refractivity contribution in [2.24, 2.45) is 4.99 Å². The van der Waals surface area contributed by atoms with Gasteiger partial charge in [-0.1, -0.05) is 17.7 Å². The Bertz CT molecular complexity index is 368. The number of hydrogen-bond donors (Lipinski definition) is 0. The fourth-order valence-corrected chi connectivity index (χ4v) is 1.05. The third kappa shape index (κ3) is 3.09. The van der Waals surface area contributed by atoms with Gasteiger partial charge in [0, 0.05) is 5.56 Å². The lowest BCUT2D eigenvalue weighted by Gasteiger charge is -2.04. The van der Waals surface area contributed by atoms with E-state index in [1.165, 1.54) is 14.2 Å². The highest BCUT2D eigenvalue weighted by Crippen LogP contribution is 2.05. The largest absolute Gasteiger partial charge is 0.480 e. The SMILES string of the molecule is COC(=O)N=C(OC)c1ccc(C)cc1. The molecule has 0 spiro atoms.